The maximum atomic E-state index is 12.2. The zero-order valence-electron chi connectivity index (χ0n) is 11.8. The van der Waals surface area contributed by atoms with Crippen molar-refractivity contribution < 1.29 is 23.0 Å². The van der Waals surface area contributed by atoms with Crippen LogP contribution in [0.15, 0.2) is 11.6 Å². The summed E-state index contributed by atoms with van der Waals surface area (Å²) in [7, 11) is 1.73. The third-order valence-electron chi connectivity index (χ3n) is 3.83. The molecule has 3 unspecified atom stereocenters. The quantitative estimate of drug-likeness (QED) is 0.804. The molecule has 6 heteroatoms. The highest BCUT2D eigenvalue weighted by molar-refractivity contribution is 5.15. The van der Waals surface area contributed by atoms with E-state index in [1.807, 2.05) is 13.0 Å². The summed E-state index contributed by atoms with van der Waals surface area (Å²) >= 11 is 0. The molecule has 112 valence electrons. The molecule has 0 aromatic heterocycles. The highest BCUT2D eigenvalue weighted by atomic mass is 19.4. The van der Waals surface area contributed by atoms with Crippen LogP contribution in [0.25, 0.3) is 0 Å². The van der Waals surface area contributed by atoms with Gasteiger partial charge in [0.05, 0.1) is 6.10 Å². The lowest BCUT2D eigenvalue weighted by Gasteiger charge is -2.43. The maximum absolute atomic E-state index is 12.2. The highest BCUT2D eigenvalue weighted by Crippen LogP contribution is 2.32. The first-order valence-corrected chi connectivity index (χ1v) is 6.34. The van der Waals surface area contributed by atoms with Crippen LogP contribution in [-0.4, -0.2) is 48.2 Å². The molecule has 0 radical (unpaired) electrons. The first-order chi connectivity index (χ1) is 8.55. The van der Waals surface area contributed by atoms with Gasteiger partial charge in [0.25, 0.3) is 0 Å². The van der Waals surface area contributed by atoms with E-state index < -0.39 is 24.6 Å². The van der Waals surface area contributed by atoms with E-state index >= 15 is 0 Å². The third-order valence-corrected chi connectivity index (χ3v) is 3.83. The number of ether oxygens (including phenoxy) is 1. The lowest BCUT2D eigenvalue weighted by atomic mass is 9.90. The Morgan fingerprint density at radius 1 is 1.47 bits per heavy atom. The van der Waals surface area contributed by atoms with Crippen molar-refractivity contribution in [3.8, 4) is 0 Å². The SMILES string of the molecule is CC(O)C(C)C1=CCC(C)(OCC(F)(F)F)N(C)C1. The van der Waals surface area contributed by atoms with Gasteiger partial charge < -0.3 is 9.84 Å². The molecular weight excluding hydrogens is 259 g/mol. The van der Waals surface area contributed by atoms with Gasteiger partial charge in [-0.3, -0.25) is 4.90 Å². The molecule has 0 bridgehead atoms. The number of halogens is 3. The van der Waals surface area contributed by atoms with Gasteiger partial charge in [-0.25, -0.2) is 0 Å². The Balaban J connectivity index is 2.70. The summed E-state index contributed by atoms with van der Waals surface area (Å²) in [4.78, 5) is 1.76. The smallest absolute Gasteiger partial charge is 0.393 e. The van der Waals surface area contributed by atoms with E-state index in [0.717, 1.165) is 5.57 Å². The fraction of sp³-hybridized carbons (Fsp3) is 0.846. The molecule has 3 nitrogen and oxygen atoms in total. The van der Waals surface area contributed by atoms with Gasteiger partial charge in [-0.05, 0) is 20.9 Å². The predicted molar refractivity (Wildman–Crippen MR) is 66.6 cm³/mol. The van der Waals surface area contributed by atoms with Crippen LogP contribution < -0.4 is 0 Å². The normalized spacial score (nSPS) is 28.9. The topological polar surface area (TPSA) is 32.7 Å². The third kappa shape index (κ3) is 4.47. The Hall–Kier alpha value is -0.590. The van der Waals surface area contributed by atoms with E-state index in [1.54, 1.807) is 25.8 Å². The van der Waals surface area contributed by atoms with Crippen LogP contribution in [-0.2, 0) is 4.74 Å². The van der Waals surface area contributed by atoms with E-state index in [1.165, 1.54) is 0 Å². The molecule has 0 fully saturated rings. The molecule has 0 saturated carbocycles. The molecule has 0 spiro atoms. The average molecular weight is 281 g/mol. The molecule has 0 aromatic rings. The van der Waals surface area contributed by atoms with Crippen molar-refractivity contribution in [1.82, 2.24) is 4.90 Å². The van der Waals surface area contributed by atoms with Crippen molar-refractivity contribution in [2.75, 3.05) is 20.2 Å². The van der Waals surface area contributed by atoms with Crippen LogP contribution in [0.2, 0.25) is 0 Å². The molecule has 1 rings (SSSR count). The molecule has 1 N–H and O–H groups in total. The minimum Gasteiger partial charge on any atom is -0.393 e. The second kappa shape index (κ2) is 5.81. The number of rotatable bonds is 4. The molecule has 0 aliphatic carbocycles. The minimum absolute atomic E-state index is 0.00499. The van der Waals surface area contributed by atoms with Crippen LogP contribution in [0.1, 0.15) is 27.2 Å². The van der Waals surface area contributed by atoms with Gasteiger partial charge in [0.2, 0.25) is 0 Å². The summed E-state index contributed by atoms with van der Waals surface area (Å²) in [5.41, 5.74) is 0.0860. The van der Waals surface area contributed by atoms with Gasteiger partial charge in [-0.1, -0.05) is 18.6 Å². The van der Waals surface area contributed by atoms with Crippen LogP contribution in [0.5, 0.6) is 0 Å². The van der Waals surface area contributed by atoms with Gasteiger partial charge >= 0.3 is 6.18 Å². The zero-order chi connectivity index (χ0) is 14.8. The standard InChI is InChI=1S/C13H22F3NO2/c1-9(10(2)18)11-5-6-12(3,17(4)7-11)19-8-13(14,15)16/h5,9-10,18H,6-8H2,1-4H3. The van der Waals surface area contributed by atoms with Crippen LogP contribution in [0.3, 0.4) is 0 Å². The van der Waals surface area contributed by atoms with Crippen LogP contribution in [0, 0.1) is 5.92 Å². The largest absolute Gasteiger partial charge is 0.411 e. The lowest BCUT2D eigenvalue weighted by Crippen LogP contribution is -2.51. The summed E-state index contributed by atoms with van der Waals surface area (Å²) in [6, 6.07) is 0. The Morgan fingerprint density at radius 2 is 2.05 bits per heavy atom. The Bertz CT molecular complexity index is 341. The van der Waals surface area contributed by atoms with E-state index in [4.69, 9.17) is 4.74 Å². The van der Waals surface area contributed by atoms with Gasteiger partial charge in [-0.15, -0.1) is 0 Å². The summed E-state index contributed by atoms with van der Waals surface area (Å²) < 4.78 is 41.7. The minimum atomic E-state index is -4.32. The molecule has 0 saturated heterocycles. The number of alkyl halides is 3. The van der Waals surface area contributed by atoms with Gasteiger partial charge in [-0.2, -0.15) is 13.2 Å². The Kier molecular flexibility index (Phi) is 5.03. The van der Waals surface area contributed by atoms with E-state index in [-0.39, 0.29) is 5.92 Å². The number of hydrogen-bond acceptors (Lipinski definition) is 3. The Morgan fingerprint density at radius 3 is 2.47 bits per heavy atom. The van der Waals surface area contributed by atoms with Crippen molar-refractivity contribution in [2.45, 2.75) is 45.2 Å². The lowest BCUT2D eigenvalue weighted by molar-refractivity contribution is -0.231. The second-order valence-electron chi connectivity index (χ2n) is 5.45. The number of likely N-dealkylation sites (N-methyl/N-ethyl adjacent to an activating group) is 1. The van der Waals surface area contributed by atoms with E-state index in [0.29, 0.717) is 13.0 Å². The van der Waals surface area contributed by atoms with Crippen LogP contribution in [0.4, 0.5) is 13.2 Å². The monoisotopic (exact) mass is 281 g/mol. The second-order valence-corrected chi connectivity index (χ2v) is 5.45. The summed E-state index contributed by atoms with van der Waals surface area (Å²) in [5.74, 6) is -0.00499. The fourth-order valence-corrected chi connectivity index (χ4v) is 2.03. The first kappa shape index (κ1) is 16.5. The molecule has 1 aliphatic heterocycles. The average Bonchev–Trinajstić information content (AvgIpc) is 2.28. The zero-order valence-corrected chi connectivity index (χ0v) is 11.8. The van der Waals surface area contributed by atoms with Crippen molar-refractivity contribution in [3.63, 3.8) is 0 Å². The van der Waals surface area contributed by atoms with Gasteiger partial charge in [0, 0.05) is 18.9 Å². The van der Waals surface area contributed by atoms with Crippen molar-refractivity contribution in [3.05, 3.63) is 11.6 Å². The van der Waals surface area contributed by atoms with E-state index in [9.17, 15) is 18.3 Å². The fourth-order valence-electron chi connectivity index (χ4n) is 2.03. The maximum Gasteiger partial charge on any atom is 0.411 e. The molecule has 1 aliphatic rings. The highest BCUT2D eigenvalue weighted by Gasteiger charge is 2.38. The van der Waals surface area contributed by atoms with Crippen LogP contribution >= 0.6 is 0 Å². The van der Waals surface area contributed by atoms with E-state index in [2.05, 4.69) is 0 Å². The molecule has 3 atom stereocenters. The molecule has 1 heterocycles. The number of aliphatic hydroxyl groups excluding tert-OH is 1. The molecular formula is C13H22F3NO2. The van der Waals surface area contributed by atoms with Gasteiger partial charge in [0.15, 0.2) is 0 Å². The number of nitrogens with zero attached hydrogens (tertiary/aromatic N) is 1. The molecule has 19 heavy (non-hydrogen) atoms. The van der Waals surface area contributed by atoms with Crippen molar-refractivity contribution in [1.29, 1.82) is 0 Å². The van der Waals surface area contributed by atoms with Crippen molar-refractivity contribution in [2.24, 2.45) is 5.92 Å². The summed E-state index contributed by atoms with van der Waals surface area (Å²) in [5, 5.41) is 9.56. The summed E-state index contributed by atoms with van der Waals surface area (Å²) in [6.45, 7) is 4.52. The van der Waals surface area contributed by atoms with Crippen molar-refractivity contribution >= 4 is 0 Å². The predicted octanol–water partition coefficient (Wildman–Crippen LogP) is 2.56. The molecule has 0 amide bonds. The number of hydrogen-bond donors (Lipinski definition) is 1. The number of aliphatic hydroxyl groups is 1. The Labute approximate surface area is 112 Å². The first-order valence-electron chi connectivity index (χ1n) is 6.34. The molecule has 0 aromatic carbocycles. The van der Waals surface area contributed by atoms with Gasteiger partial charge in [0.1, 0.15) is 12.3 Å². The summed E-state index contributed by atoms with van der Waals surface area (Å²) in [6.07, 6.45) is -2.53.